The number of nitrogens with zero attached hydrogens (tertiary/aromatic N) is 2. The van der Waals surface area contributed by atoms with Crippen LogP contribution in [0.25, 0.3) is 0 Å². The predicted molar refractivity (Wildman–Crippen MR) is 70.2 cm³/mol. The molecule has 0 aliphatic carbocycles. The molecule has 1 rings (SSSR count). The summed E-state index contributed by atoms with van der Waals surface area (Å²) < 4.78 is 0. The van der Waals surface area contributed by atoms with Gasteiger partial charge in [0.2, 0.25) is 0 Å². The fourth-order valence-electron chi connectivity index (χ4n) is 1.52. The number of pyridine rings is 1. The van der Waals surface area contributed by atoms with E-state index < -0.39 is 0 Å². The van der Waals surface area contributed by atoms with Crippen molar-refractivity contribution in [1.29, 1.82) is 0 Å². The second kappa shape index (κ2) is 6.71. The third-order valence-corrected chi connectivity index (χ3v) is 2.78. The lowest BCUT2D eigenvalue weighted by atomic mass is 10.2. The fraction of sp³-hybridized carbons (Fsp3) is 0.583. The van der Waals surface area contributed by atoms with Crippen LogP contribution in [0.3, 0.4) is 0 Å². The first-order valence-electron chi connectivity index (χ1n) is 5.75. The third-order valence-electron chi connectivity index (χ3n) is 2.44. The molecule has 1 heterocycles. The van der Waals surface area contributed by atoms with Gasteiger partial charge in [-0.25, -0.2) is 4.98 Å². The van der Waals surface area contributed by atoms with E-state index in [2.05, 4.69) is 42.2 Å². The van der Waals surface area contributed by atoms with Crippen molar-refractivity contribution in [1.82, 2.24) is 10.3 Å². The van der Waals surface area contributed by atoms with Crippen LogP contribution in [-0.2, 0) is 6.54 Å². The van der Waals surface area contributed by atoms with E-state index in [0.717, 1.165) is 42.5 Å². The Morgan fingerprint density at radius 3 is 2.81 bits per heavy atom. The monoisotopic (exact) mass is 241 g/mol. The van der Waals surface area contributed by atoms with E-state index in [1.54, 1.807) is 6.20 Å². The van der Waals surface area contributed by atoms with E-state index in [4.69, 9.17) is 11.6 Å². The zero-order chi connectivity index (χ0) is 12.0. The summed E-state index contributed by atoms with van der Waals surface area (Å²) >= 11 is 6.09. The Kier molecular flexibility index (Phi) is 5.56. The molecular weight excluding hydrogens is 222 g/mol. The Balaban J connectivity index is 2.80. The molecule has 0 aromatic carbocycles. The van der Waals surface area contributed by atoms with Crippen LogP contribution in [0, 0.1) is 0 Å². The minimum atomic E-state index is 0.731. The van der Waals surface area contributed by atoms with Gasteiger partial charge in [-0.1, -0.05) is 25.4 Å². The SMILES string of the molecule is CCCN(C)c1cc(CNCC)c(Cl)cn1. The van der Waals surface area contributed by atoms with Crippen molar-refractivity contribution in [2.75, 3.05) is 25.0 Å². The minimum absolute atomic E-state index is 0.731. The molecule has 3 nitrogen and oxygen atoms in total. The predicted octanol–water partition coefficient (Wildman–Crippen LogP) is 2.69. The third kappa shape index (κ3) is 3.65. The van der Waals surface area contributed by atoms with Gasteiger partial charge in [0.15, 0.2) is 0 Å². The van der Waals surface area contributed by atoms with Crippen molar-refractivity contribution >= 4 is 17.4 Å². The van der Waals surface area contributed by atoms with E-state index in [1.165, 1.54) is 0 Å². The zero-order valence-electron chi connectivity index (χ0n) is 10.3. The van der Waals surface area contributed by atoms with Crippen molar-refractivity contribution in [3.8, 4) is 0 Å². The van der Waals surface area contributed by atoms with Crippen molar-refractivity contribution in [2.24, 2.45) is 0 Å². The van der Waals surface area contributed by atoms with E-state index >= 15 is 0 Å². The van der Waals surface area contributed by atoms with Gasteiger partial charge in [0.05, 0.1) is 5.02 Å². The van der Waals surface area contributed by atoms with Crippen molar-refractivity contribution in [3.63, 3.8) is 0 Å². The maximum atomic E-state index is 6.09. The van der Waals surface area contributed by atoms with Crippen molar-refractivity contribution in [2.45, 2.75) is 26.8 Å². The molecule has 0 amide bonds. The molecule has 16 heavy (non-hydrogen) atoms. The van der Waals surface area contributed by atoms with Gasteiger partial charge >= 0.3 is 0 Å². The molecule has 0 atom stereocenters. The molecule has 1 aromatic heterocycles. The Hall–Kier alpha value is -0.800. The topological polar surface area (TPSA) is 28.2 Å². The van der Waals surface area contributed by atoms with Crippen LogP contribution in [0.4, 0.5) is 5.82 Å². The molecule has 0 aliphatic heterocycles. The maximum Gasteiger partial charge on any atom is 0.128 e. The first-order chi connectivity index (χ1) is 7.69. The standard InChI is InChI=1S/C12H20ClN3/c1-4-6-16(3)12-7-10(8-14-5-2)11(13)9-15-12/h7,9,14H,4-6,8H2,1-3H3. The normalized spacial score (nSPS) is 10.5. The molecule has 0 unspecified atom stereocenters. The molecule has 1 N–H and O–H groups in total. The van der Waals surface area contributed by atoms with Gasteiger partial charge < -0.3 is 10.2 Å². The number of halogens is 1. The zero-order valence-corrected chi connectivity index (χ0v) is 11.0. The number of hydrogen-bond acceptors (Lipinski definition) is 3. The van der Waals surface area contributed by atoms with Crippen LogP contribution in [0.2, 0.25) is 5.02 Å². The van der Waals surface area contributed by atoms with E-state index in [1.807, 2.05) is 0 Å². The maximum absolute atomic E-state index is 6.09. The molecule has 0 bridgehead atoms. The summed E-state index contributed by atoms with van der Waals surface area (Å²) in [7, 11) is 2.05. The molecule has 0 aliphatic rings. The fourth-order valence-corrected chi connectivity index (χ4v) is 1.69. The lowest BCUT2D eigenvalue weighted by Crippen LogP contribution is -2.20. The second-order valence-corrected chi connectivity index (χ2v) is 4.24. The quantitative estimate of drug-likeness (QED) is 0.830. The lowest BCUT2D eigenvalue weighted by molar-refractivity contribution is 0.725. The number of nitrogens with one attached hydrogen (secondary N) is 1. The summed E-state index contributed by atoms with van der Waals surface area (Å²) in [6.07, 6.45) is 2.85. The van der Waals surface area contributed by atoms with Crippen LogP contribution in [0.5, 0.6) is 0 Å². The number of aromatic nitrogens is 1. The van der Waals surface area contributed by atoms with Gasteiger partial charge in [-0.3, -0.25) is 0 Å². The minimum Gasteiger partial charge on any atom is -0.360 e. The summed E-state index contributed by atoms with van der Waals surface area (Å²) in [4.78, 5) is 6.48. The Morgan fingerprint density at radius 1 is 1.44 bits per heavy atom. The smallest absolute Gasteiger partial charge is 0.128 e. The van der Waals surface area contributed by atoms with Crippen LogP contribution >= 0.6 is 11.6 Å². The molecule has 4 heteroatoms. The Bertz CT molecular complexity index is 328. The van der Waals surface area contributed by atoms with E-state index in [0.29, 0.717) is 0 Å². The largest absolute Gasteiger partial charge is 0.360 e. The first kappa shape index (κ1) is 13.3. The molecule has 0 radical (unpaired) electrons. The van der Waals surface area contributed by atoms with Gasteiger partial charge in [-0.2, -0.15) is 0 Å². The van der Waals surface area contributed by atoms with E-state index in [-0.39, 0.29) is 0 Å². The number of hydrogen-bond donors (Lipinski definition) is 1. The first-order valence-corrected chi connectivity index (χ1v) is 6.13. The van der Waals surface area contributed by atoms with Gasteiger partial charge in [-0.15, -0.1) is 0 Å². The number of rotatable bonds is 6. The molecule has 0 fully saturated rings. The van der Waals surface area contributed by atoms with Crippen LogP contribution in [0.15, 0.2) is 12.3 Å². The summed E-state index contributed by atoms with van der Waals surface area (Å²) in [5.74, 6) is 0.985. The molecule has 0 spiro atoms. The average molecular weight is 242 g/mol. The highest BCUT2D eigenvalue weighted by Crippen LogP contribution is 2.19. The summed E-state index contributed by atoms with van der Waals surface area (Å²) in [5.41, 5.74) is 1.11. The van der Waals surface area contributed by atoms with Gasteiger partial charge in [0.1, 0.15) is 5.82 Å². The highest BCUT2D eigenvalue weighted by atomic mass is 35.5. The van der Waals surface area contributed by atoms with Crippen molar-refractivity contribution < 1.29 is 0 Å². The second-order valence-electron chi connectivity index (χ2n) is 3.84. The summed E-state index contributed by atoms with van der Waals surface area (Å²) in [6, 6.07) is 2.06. The number of anilines is 1. The summed E-state index contributed by atoms with van der Waals surface area (Å²) in [6.45, 7) is 6.99. The van der Waals surface area contributed by atoms with Crippen LogP contribution in [0.1, 0.15) is 25.8 Å². The van der Waals surface area contributed by atoms with Crippen LogP contribution < -0.4 is 10.2 Å². The van der Waals surface area contributed by atoms with E-state index in [9.17, 15) is 0 Å². The lowest BCUT2D eigenvalue weighted by Gasteiger charge is -2.18. The molecular formula is C12H20ClN3. The van der Waals surface area contributed by atoms with Gasteiger partial charge in [0, 0.05) is 26.3 Å². The highest BCUT2D eigenvalue weighted by molar-refractivity contribution is 6.31. The average Bonchev–Trinajstić information content (AvgIpc) is 2.28. The Morgan fingerprint density at radius 2 is 2.19 bits per heavy atom. The molecule has 1 aromatic rings. The molecule has 90 valence electrons. The molecule has 0 saturated heterocycles. The Labute approximate surface area is 103 Å². The van der Waals surface area contributed by atoms with Crippen LogP contribution in [-0.4, -0.2) is 25.1 Å². The van der Waals surface area contributed by atoms with Gasteiger partial charge in [-0.05, 0) is 24.6 Å². The summed E-state index contributed by atoms with van der Waals surface area (Å²) in [5, 5.41) is 4.00. The highest BCUT2D eigenvalue weighted by Gasteiger charge is 2.06. The molecule has 0 saturated carbocycles. The van der Waals surface area contributed by atoms with Crippen molar-refractivity contribution in [3.05, 3.63) is 22.8 Å². The van der Waals surface area contributed by atoms with Gasteiger partial charge in [0.25, 0.3) is 0 Å².